The van der Waals surface area contributed by atoms with Crippen LogP contribution in [-0.4, -0.2) is 49.5 Å². The highest BCUT2D eigenvalue weighted by Crippen LogP contribution is 2.29. The van der Waals surface area contributed by atoms with E-state index in [0.717, 1.165) is 47.3 Å². The molecule has 0 saturated heterocycles. The average Bonchev–Trinajstić information content (AvgIpc) is 3.67. The van der Waals surface area contributed by atoms with Crippen LogP contribution in [0.5, 0.6) is 0 Å². The third kappa shape index (κ3) is 4.35. The number of aromatic amines is 1. The van der Waals surface area contributed by atoms with Crippen molar-refractivity contribution in [2.24, 2.45) is 0 Å². The maximum atomic E-state index is 13.5. The van der Waals surface area contributed by atoms with Crippen molar-refractivity contribution in [3.05, 3.63) is 77.0 Å². The molecule has 0 aliphatic rings. The molecule has 4 aromatic heterocycles. The number of nitrogens with one attached hydrogen (secondary N) is 1. The summed E-state index contributed by atoms with van der Waals surface area (Å²) in [6.45, 7) is 6.62. The summed E-state index contributed by atoms with van der Waals surface area (Å²) in [4.78, 5) is 22.6. The van der Waals surface area contributed by atoms with Gasteiger partial charge in [0.25, 0.3) is 0 Å². The second-order valence-electron chi connectivity index (χ2n) is 8.69. The van der Waals surface area contributed by atoms with Crippen LogP contribution < -0.4 is 5.69 Å². The predicted molar refractivity (Wildman–Crippen MR) is 135 cm³/mol. The molecule has 0 saturated carbocycles. The van der Waals surface area contributed by atoms with Gasteiger partial charge in [-0.3, -0.25) is 9.55 Å². The number of hydrogen-bond donors (Lipinski definition) is 1. The SMILES string of the molecule is CCCc1cn(-c2ncnn2C(C)CC)c(=O)n1Cc1ccc(-c2ccccc2-c2nn[nH]n2)cn1. The summed E-state index contributed by atoms with van der Waals surface area (Å²) in [6.07, 6.45) is 7.77. The van der Waals surface area contributed by atoms with Crippen molar-refractivity contribution in [1.82, 2.24) is 49.5 Å². The molecule has 0 radical (unpaired) electrons. The number of benzene rings is 1. The topological polar surface area (TPSA) is 125 Å². The smallest absolute Gasteiger partial charge is 0.290 e. The fraction of sp³-hybridized carbons (Fsp3) is 0.320. The summed E-state index contributed by atoms with van der Waals surface area (Å²) in [6, 6.07) is 11.9. The van der Waals surface area contributed by atoms with Gasteiger partial charge in [0.2, 0.25) is 11.8 Å². The Bertz CT molecular complexity index is 1490. The second kappa shape index (κ2) is 10.1. The molecule has 0 aliphatic carbocycles. The van der Waals surface area contributed by atoms with Gasteiger partial charge in [-0.25, -0.2) is 14.0 Å². The Hall–Kier alpha value is -4.41. The molecule has 5 aromatic rings. The van der Waals surface area contributed by atoms with E-state index in [1.165, 1.54) is 6.33 Å². The van der Waals surface area contributed by atoms with Crippen LogP contribution >= 0.6 is 0 Å². The highest BCUT2D eigenvalue weighted by molar-refractivity contribution is 5.79. The molecular formula is C25H28N10O. The van der Waals surface area contributed by atoms with Crippen LogP contribution in [0.2, 0.25) is 0 Å². The van der Waals surface area contributed by atoms with Crippen molar-refractivity contribution in [3.8, 4) is 28.5 Å². The van der Waals surface area contributed by atoms with Gasteiger partial charge in [-0.1, -0.05) is 50.6 Å². The van der Waals surface area contributed by atoms with Gasteiger partial charge >= 0.3 is 5.69 Å². The van der Waals surface area contributed by atoms with E-state index >= 15 is 0 Å². The van der Waals surface area contributed by atoms with Gasteiger partial charge in [0, 0.05) is 29.2 Å². The molecule has 11 nitrogen and oxygen atoms in total. The number of nitrogens with zero attached hydrogens (tertiary/aromatic N) is 9. The largest absolute Gasteiger partial charge is 0.335 e. The van der Waals surface area contributed by atoms with Crippen molar-refractivity contribution >= 4 is 0 Å². The number of pyridine rings is 1. The third-order valence-corrected chi connectivity index (χ3v) is 6.32. The minimum atomic E-state index is -0.149. The van der Waals surface area contributed by atoms with Crippen molar-refractivity contribution in [1.29, 1.82) is 0 Å². The summed E-state index contributed by atoms with van der Waals surface area (Å²) in [5.41, 5.74) is 4.33. The zero-order valence-electron chi connectivity index (χ0n) is 20.5. The van der Waals surface area contributed by atoms with Gasteiger partial charge in [-0.15, -0.1) is 10.2 Å². The lowest BCUT2D eigenvalue weighted by molar-refractivity contribution is 0.466. The summed E-state index contributed by atoms with van der Waals surface area (Å²) >= 11 is 0. The zero-order valence-corrected chi connectivity index (χ0v) is 20.5. The Morgan fingerprint density at radius 2 is 1.89 bits per heavy atom. The Kier molecular flexibility index (Phi) is 6.52. The van der Waals surface area contributed by atoms with Gasteiger partial charge in [0.1, 0.15) is 6.33 Å². The second-order valence-corrected chi connectivity index (χ2v) is 8.69. The first-order chi connectivity index (χ1) is 17.6. The lowest BCUT2D eigenvalue weighted by atomic mass is 10.0. The summed E-state index contributed by atoms with van der Waals surface area (Å²) < 4.78 is 5.17. The fourth-order valence-electron chi connectivity index (χ4n) is 4.24. The number of tetrazole rings is 1. The number of hydrogen-bond acceptors (Lipinski definition) is 7. The molecule has 1 unspecified atom stereocenters. The van der Waals surface area contributed by atoms with E-state index in [1.807, 2.05) is 48.8 Å². The number of aromatic nitrogens is 10. The van der Waals surface area contributed by atoms with Crippen LogP contribution in [0.15, 0.2) is 59.9 Å². The minimum Gasteiger partial charge on any atom is -0.290 e. The monoisotopic (exact) mass is 484 g/mol. The van der Waals surface area contributed by atoms with Crippen LogP contribution in [0, 0.1) is 0 Å². The Morgan fingerprint density at radius 3 is 2.58 bits per heavy atom. The summed E-state index contributed by atoms with van der Waals surface area (Å²) in [5.74, 6) is 1.06. The summed E-state index contributed by atoms with van der Waals surface area (Å²) in [5, 5.41) is 18.7. The van der Waals surface area contributed by atoms with E-state index in [4.69, 9.17) is 0 Å². The van der Waals surface area contributed by atoms with E-state index in [9.17, 15) is 4.79 Å². The van der Waals surface area contributed by atoms with Gasteiger partial charge in [0.05, 0.1) is 18.3 Å². The molecule has 5 rings (SSSR count). The van der Waals surface area contributed by atoms with E-state index in [1.54, 1.807) is 13.8 Å². The first kappa shape index (κ1) is 23.3. The number of rotatable bonds is 9. The first-order valence-electron chi connectivity index (χ1n) is 12.1. The Labute approximate surface area is 207 Å². The lowest BCUT2D eigenvalue weighted by Gasteiger charge is -2.11. The predicted octanol–water partition coefficient (Wildman–Crippen LogP) is 3.44. The summed E-state index contributed by atoms with van der Waals surface area (Å²) in [7, 11) is 0. The van der Waals surface area contributed by atoms with Crippen molar-refractivity contribution < 1.29 is 0 Å². The van der Waals surface area contributed by atoms with Crippen LogP contribution in [0.1, 0.15) is 51.0 Å². The van der Waals surface area contributed by atoms with E-state index < -0.39 is 0 Å². The molecule has 0 fully saturated rings. The van der Waals surface area contributed by atoms with Gasteiger partial charge in [0.15, 0.2) is 0 Å². The maximum absolute atomic E-state index is 13.5. The normalized spacial score (nSPS) is 12.2. The van der Waals surface area contributed by atoms with Gasteiger partial charge in [-0.2, -0.15) is 15.3 Å². The molecule has 4 heterocycles. The van der Waals surface area contributed by atoms with Crippen molar-refractivity contribution in [2.75, 3.05) is 0 Å². The average molecular weight is 485 g/mol. The molecule has 0 amide bonds. The number of imidazole rings is 1. The third-order valence-electron chi connectivity index (χ3n) is 6.32. The van der Waals surface area contributed by atoms with Crippen molar-refractivity contribution in [3.63, 3.8) is 0 Å². The van der Waals surface area contributed by atoms with E-state index in [0.29, 0.717) is 18.3 Å². The number of H-pyrrole nitrogens is 1. The molecule has 36 heavy (non-hydrogen) atoms. The molecule has 11 heteroatoms. The van der Waals surface area contributed by atoms with Crippen molar-refractivity contribution in [2.45, 2.75) is 52.6 Å². The Balaban J connectivity index is 1.47. The fourth-order valence-corrected chi connectivity index (χ4v) is 4.24. The molecule has 1 aromatic carbocycles. The molecule has 0 bridgehead atoms. The highest BCUT2D eigenvalue weighted by atomic mass is 16.2. The van der Waals surface area contributed by atoms with E-state index in [-0.39, 0.29) is 11.7 Å². The maximum Gasteiger partial charge on any atom is 0.335 e. The van der Waals surface area contributed by atoms with Gasteiger partial charge in [-0.05, 0) is 36.6 Å². The van der Waals surface area contributed by atoms with E-state index in [2.05, 4.69) is 56.5 Å². The van der Waals surface area contributed by atoms with Crippen LogP contribution in [-0.2, 0) is 13.0 Å². The lowest BCUT2D eigenvalue weighted by Crippen LogP contribution is -2.27. The highest BCUT2D eigenvalue weighted by Gasteiger charge is 2.19. The molecule has 0 spiro atoms. The van der Waals surface area contributed by atoms with Crippen LogP contribution in [0.3, 0.4) is 0 Å². The molecule has 0 aliphatic heterocycles. The zero-order chi connectivity index (χ0) is 25.1. The minimum absolute atomic E-state index is 0.136. The molecule has 1 N–H and O–H groups in total. The number of aryl methyl sites for hydroxylation is 1. The first-order valence-corrected chi connectivity index (χ1v) is 12.1. The molecule has 1 atom stereocenters. The quantitative estimate of drug-likeness (QED) is 0.340. The Morgan fingerprint density at radius 1 is 1.06 bits per heavy atom. The van der Waals surface area contributed by atoms with Crippen LogP contribution in [0.25, 0.3) is 28.5 Å². The standard InChI is InChI=1S/C25H28N10O/c1-4-8-20-15-34(24-27-16-28-35(24)17(3)5-2)25(36)33(20)14-19-12-11-18(13-26-19)21-9-6-7-10-22(21)23-29-31-32-30-23/h6-7,9-13,15-17H,4-5,8,14H2,1-3H3,(H,29,30,31,32). The molecular weight excluding hydrogens is 456 g/mol. The van der Waals surface area contributed by atoms with Gasteiger partial charge < -0.3 is 0 Å². The van der Waals surface area contributed by atoms with Crippen LogP contribution in [0.4, 0.5) is 0 Å². The molecule has 184 valence electrons.